The third-order valence-corrected chi connectivity index (χ3v) is 5.95. The van der Waals surface area contributed by atoms with Gasteiger partial charge in [-0.3, -0.25) is 4.79 Å². The van der Waals surface area contributed by atoms with Crippen LogP contribution in [0.5, 0.6) is 11.5 Å². The van der Waals surface area contributed by atoms with Gasteiger partial charge in [0, 0.05) is 31.0 Å². The first-order valence-electron chi connectivity index (χ1n) is 10.6. The molecule has 2 N–H and O–H groups in total. The van der Waals surface area contributed by atoms with E-state index in [2.05, 4.69) is 10.0 Å². The van der Waals surface area contributed by atoms with Crippen LogP contribution in [0, 0.1) is 6.92 Å². The van der Waals surface area contributed by atoms with Crippen molar-refractivity contribution in [2.75, 3.05) is 38.8 Å². The number of amides is 1. The third-order valence-electron chi connectivity index (χ3n) is 4.49. The molecule has 0 aliphatic heterocycles. The van der Waals surface area contributed by atoms with Crippen molar-refractivity contribution in [3.63, 3.8) is 0 Å². The molecule has 0 saturated carbocycles. The Bertz CT molecular complexity index is 1010. The fourth-order valence-electron chi connectivity index (χ4n) is 2.81. The smallest absolute Gasteiger partial charge is 0.255 e. The highest BCUT2D eigenvalue weighted by atomic mass is 32.2. The fraction of sp³-hybridized carbons (Fsp3) is 0.435. The molecule has 0 saturated heterocycles. The minimum absolute atomic E-state index is 0.0136. The van der Waals surface area contributed by atoms with Gasteiger partial charge in [-0.2, -0.15) is 0 Å². The Labute approximate surface area is 190 Å². The van der Waals surface area contributed by atoms with Gasteiger partial charge in [0.05, 0.1) is 24.7 Å². The molecule has 2 aromatic carbocycles. The molecule has 176 valence electrons. The number of hydrogen-bond acceptors (Lipinski definition) is 6. The summed E-state index contributed by atoms with van der Waals surface area (Å²) in [7, 11) is -2.27. The maximum absolute atomic E-state index is 12.9. The standard InChI is InChI=1S/C23H32N2O6S/c1-5-12-30-21-10-8-18(15-22(21)31-13-6-2)25-23(26)20-16-19(9-7-17(20)3)32(27,28)24-11-14-29-4/h7-10,15-16,24H,5-6,11-14H2,1-4H3,(H,25,26). The molecule has 0 unspecified atom stereocenters. The van der Waals surface area contributed by atoms with Crippen molar-refractivity contribution in [2.24, 2.45) is 0 Å². The number of aryl methyl sites for hydroxylation is 1. The fourth-order valence-corrected chi connectivity index (χ4v) is 3.85. The van der Waals surface area contributed by atoms with Crippen LogP contribution in [0.25, 0.3) is 0 Å². The highest BCUT2D eigenvalue weighted by Gasteiger charge is 2.18. The molecule has 0 atom stereocenters. The quantitative estimate of drug-likeness (QED) is 0.438. The predicted molar refractivity (Wildman–Crippen MR) is 124 cm³/mol. The highest BCUT2D eigenvalue weighted by Crippen LogP contribution is 2.31. The minimum Gasteiger partial charge on any atom is -0.490 e. The normalized spacial score (nSPS) is 11.2. The van der Waals surface area contributed by atoms with Crippen LogP contribution in [0.3, 0.4) is 0 Å². The van der Waals surface area contributed by atoms with Crippen LogP contribution < -0.4 is 19.5 Å². The lowest BCUT2D eigenvalue weighted by Crippen LogP contribution is -2.27. The van der Waals surface area contributed by atoms with Crippen molar-refractivity contribution >= 4 is 21.6 Å². The van der Waals surface area contributed by atoms with Crippen molar-refractivity contribution in [2.45, 2.75) is 38.5 Å². The van der Waals surface area contributed by atoms with Crippen molar-refractivity contribution < 1.29 is 27.4 Å². The maximum atomic E-state index is 12.9. The molecule has 0 radical (unpaired) electrons. The van der Waals surface area contributed by atoms with E-state index in [4.69, 9.17) is 14.2 Å². The van der Waals surface area contributed by atoms with E-state index in [9.17, 15) is 13.2 Å². The zero-order valence-corrected chi connectivity index (χ0v) is 19.9. The average Bonchev–Trinajstić information content (AvgIpc) is 2.77. The SMILES string of the molecule is CCCOc1ccc(NC(=O)c2cc(S(=O)(=O)NCCOC)ccc2C)cc1OCCC. The summed E-state index contributed by atoms with van der Waals surface area (Å²) in [4.78, 5) is 13.0. The van der Waals surface area contributed by atoms with Crippen molar-refractivity contribution in [3.8, 4) is 11.5 Å². The number of carbonyl (C=O) groups excluding carboxylic acids is 1. The molecule has 2 rings (SSSR count). The second kappa shape index (κ2) is 12.4. The minimum atomic E-state index is -3.76. The topological polar surface area (TPSA) is 103 Å². The molecule has 0 aliphatic rings. The second-order valence-electron chi connectivity index (χ2n) is 7.18. The van der Waals surface area contributed by atoms with E-state index in [1.165, 1.54) is 19.2 Å². The van der Waals surface area contributed by atoms with Gasteiger partial charge in [0.2, 0.25) is 10.0 Å². The number of ether oxygens (including phenoxy) is 3. The molecule has 0 bridgehead atoms. The van der Waals surface area contributed by atoms with E-state index < -0.39 is 15.9 Å². The van der Waals surface area contributed by atoms with Crippen molar-refractivity contribution in [3.05, 3.63) is 47.5 Å². The Balaban J connectivity index is 2.24. The van der Waals surface area contributed by atoms with E-state index in [1.807, 2.05) is 13.8 Å². The summed E-state index contributed by atoms with van der Waals surface area (Å²) in [5, 5.41) is 2.82. The number of benzene rings is 2. The number of hydrogen-bond donors (Lipinski definition) is 2. The van der Waals surface area contributed by atoms with Gasteiger partial charge >= 0.3 is 0 Å². The van der Waals surface area contributed by atoms with Gasteiger partial charge in [0.15, 0.2) is 11.5 Å². The van der Waals surface area contributed by atoms with Crippen molar-refractivity contribution in [1.29, 1.82) is 0 Å². The Morgan fingerprint density at radius 3 is 2.28 bits per heavy atom. The number of sulfonamides is 1. The van der Waals surface area contributed by atoms with Crippen LogP contribution >= 0.6 is 0 Å². The molecule has 0 spiro atoms. The first kappa shape index (κ1) is 25.6. The van der Waals surface area contributed by atoms with Crippen LogP contribution in [-0.2, 0) is 14.8 Å². The van der Waals surface area contributed by atoms with Crippen LogP contribution in [0.4, 0.5) is 5.69 Å². The molecule has 0 heterocycles. The van der Waals surface area contributed by atoms with Gasteiger partial charge < -0.3 is 19.5 Å². The van der Waals surface area contributed by atoms with Crippen LogP contribution in [0.2, 0.25) is 0 Å². The Morgan fingerprint density at radius 1 is 0.938 bits per heavy atom. The van der Waals surface area contributed by atoms with Gasteiger partial charge in [0.25, 0.3) is 5.91 Å². The number of anilines is 1. The lowest BCUT2D eigenvalue weighted by molar-refractivity contribution is 0.102. The van der Waals surface area contributed by atoms with E-state index >= 15 is 0 Å². The second-order valence-corrected chi connectivity index (χ2v) is 8.95. The van der Waals surface area contributed by atoms with E-state index in [0.29, 0.717) is 36.0 Å². The van der Waals surface area contributed by atoms with E-state index in [0.717, 1.165) is 12.8 Å². The largest absolute Gasteiger partial charge is 0.490 e. The summed E-state index contributed by atoms with van der Waals surface area (Å²) >= 11 is 0. The molecule has 32 heavy (non-hydrogen) atoms. The molecule has 0 fully saturated rings. The van der Waals surface area contributed by atoms with E-state index in [-0.39, 0.29) is 23.6 Å². The third kappa shape index (κ3) is 7.22. The number of rotatable bonds is 13. The summed E-state index contributed by atoms with van der Waals surface area (Å²) in [6, 6.07) is 9.64. The Kier molecular flexibility index (Phi) is 9.96. The first-order chi connectivity index (χ1) is 15.3. The summed E-state index contributed by atoms with van der Waals surface area (Å²) in [6.07, 6.45) is 1.70. The average molecular weight is 465 g/mol. The van der Waals surface area contributed by atoms with Crippen LogP contribution in [-0.4, -0.2) is 47.8 Å². The highest BCUT2D eigenvalue weighted by molar-refractivity contribution is 7.89. The molecular formula is C23H32N2O6S. The van der Waals surface area contributed by atoms with Gasteiger partial charge in [-0.15, -0.1) is 0 Å². The monoisotopic (exact) mass is 464 g/mol. The molecule has 2 aromatic rings. The molecule has 8 nitrogen and oxygen atoms in total. The number of methoxy groups -OCH3 is 1. The summed E-state index contributed by atoms with van der Waals surface area (Å²) < 4.78 is 43.8. The maximum Gasteiger partial charge on any atom is 0.255 e. The summed E-state index contributed by atoms with van der Waals surface area (Å²) in [6.45, 7) is 7.25. The Hall–Kier alpha value is -2.62. The predicted octanol–water partition coefficient (Wildman–Crippen LogP) is 3.75. The molecule has 0 aromatic heterocycles. The number of nitrogens with one attached hydrogen (secondary N) is 2. The number of carbonyl (C=O) groups is 1. The van der Waals surface area contributed by atoms with Crippen molar-refractivity contribution in [1.82, 2.24) is 4.72 Å². The first-order valence-corrected chi connectivity index (χ1v) is 12.1. The van der Waals surface area contributed by atoms with Crippen LogP contribution in [0.15, 0.2) is 41.3 Å². The molecular weight excluding hydrogens is 432 g/mol. The summed E-state index contributed by atoms with van der Waals surface area (Å²) in [5.41, 5.74) is 1.45. The van der Waals surface area contributed by atoms with Gasteiger partial charge in [-0.1, -0.05) is 19.9 Å². The lowest BCUT2D eigenvalue weighted by atomic mass is 10.1. The van der Waals surface area contributed by atoms with Gasteiger partial charge in [-0.05, 0) is 49.6 Å². The molecule has 0 aliphatic carbocycles. The zero-order chi connectivity index (χ0) is 23.6. The zero-order valence-electron chi connectivity index (χ0n) is 19.1. The molecule has 1 amide bonds. The Morgan fingerprint density at radius 2 is 1.62 bits per heavy atom. The summed E-state index contributed by atoms with van der Waals surface area (Å²) in [5.74, 6) is 0.748. The van der Waals surface area contributed by atoms with Gasteiger partial charge in [-0.25, -0.2) is 13.1 Å². The lowest BCUT2D eigenvalue weighted by Gasteiger charge is -2.15. The molecule has 9 heteroatoms. The van der Waals surface area contributed by atoms with E-state index in [1.54, 1.807) is 31.2 Å². The van der Waals surface area contributed by atoms with Crippen LogP contribution in [0.1, 0.15) is 42.6 Å². The van der Waals surface area contributed by atoms with Gasteiger partial charge in [0.1, 0.15) is 0 Å².